The summed E-state index contributed by atoms with van der Waals surface area (Å²) < 4.78 is 12.8. The van der Waals surface area contributed by atoms with E-state index >= 15 is 0 Å². The molecule has 0 aliphatic rings. The number of hydrogen-bond donors (Lipinski definition) is 2. The van der Waals surface area contributed by atoms with E-state index in [0.29, 0.717) is 18.8 Å². The highest BCUT2D eigenvalue weighted by Crippen LogP contribution is 2.16. The summed E-state index contributed by atoms with van der Waals surface area (Å²) in [6.45, 7) is 6.85. The van der Waals surface area contributed by atoms with Crippen molar-refractivity contribution in [3.05, 3.63) is 30.1 Å². The minimum Gasteiger partial charge on any atom is -0.328 e. The summed E-state index contributed by atoms with van der Waals surface area (Å²) in [5.74, 6) is -0.328. The lowest BCUT2D eigenvalue weighted by Gasteiger charge is -2.37. The molecule has 1 aromatic rings. The molecule has 1 rings (SSSR count). The molecule has 4 nitrogen and oxygen atoms in total. The molecular weight excluding hydrogens is 245 g/mol. The van der Waals surface area contributed by atoms with Crippen LogP contribution in [0.5, 0.6) is 0 Å². The van der Waals surface area contributed by atoms with E-state index < -0.39 is 5.54 Å². The number of nitrogens with two attached hydrogens (primary N) is 1. The van der Waals surface area contributed by atoms with Gasteiger partial charge in [0.15, 0.2) is 0 Å². The number of carbonyl (C=O) groups is 1. The molecule has 1 aromatic carbocycles. The molecule has 0 aromatic heterocycles. The smallest absolute Gasteiger partial charge is 0.322 e. The lowest BCUT2D eigenvalue weighted by Crippen LogP contribution is -2.54. The van der Waals surface area contributed by atoms with Gasteiger partial charge in [0.05, 0.1) is 5.54 Å². The molecule has 0 spiro atoms. The van der Waals surface area contributed by atoms with Gasteiger partial charge in [-0.05, 0) is 44.5 Å². The number of urea groups is 1. The van der Waals surface area contributed by atoms with Crippen LogP contribution >= 0.6 is 0 Å². The monoisotopic (exact) mass is 267 g/mol. The van der Waals surface area contributed by atoms with Gasteiger partial charge in [-0.1, -0.05) is 6.92 Å². The Morgan fingerprint density at radius 2 is 1.95 bits per heavy atom. The molecule has 3 N–H and O–H groups in total. The number of anilines is 1. The Kier molecular flexibility index (Phi) is 5.30. The predicted octanol–water partition coefficient (Wildman–Crippen LogP) is 2.81. The Morgan fingerprint density at radius 3 is 2.42 bits per heavy atom. The highest BCUT2D eigenvalue weighted by atomic mass is 19.1. The minimum atomic E-state index is -0.417. The molecule has 0 saturated carbocycles. The number of carbonyl (C=O) groups excluding carboxylic acids is 1. The molecule has 106 valence electrons. The lowest BCUT2D eigenvalue weighted by atomic mass is 10.0. The van der Waals surface area contributed by atoms with Gasteiger partial charge < -0.3 is 16.0 Å². The Bertz CT molecular complexity index is 417. The van der Waals surface area contributed by atoms with Gasteiger partial charge in [-0.3, -0.25) is 0 Å². The van der Waals surface area contributed by atoms with Gasteiger partial charge >= 0.3 is 6.03 Å². The van der Waals surface area contributed by atoms with Crippen molar-refractivity contribution >= 4 is 11.7 Å². The summed E-state index contributed by atoms with van der Waals surface area (Å²) in [5, 5.41) is 2.76. The third-order valence-corrected chi connectivity index (χ3v) is 3.02. The average Bonchev–Trinajstić information content (AvgIpc) is 2.38. The molecule has 0 unspecified atom stereocenters. The molecule has 0 aliphatic heterocycles. The first kappa shape index (κ1) is 15.4. The molecular formula is C14H22FN3O. The lowest BCUT2D eigenvalue weighted by molar-refractivity contribution is 0.150. The molecule has 0 heterocycles. The summed E-state index contributed by atoms with van der Waals surface area (Å²) in [6, 6.07) is 5.48. The van der Waals surface area contributed by atoms with Crippen molar-refractivity contribution in [3.8, 4) is 0 Å². The van der Waals surface area contributed by atoms with Gasteiger partial charge in [-0.15, -0.1) is 0 Å². The van der Waals surface area contributed by atoms with Crippen molar-refractivity contribution in [2.45, 2.75) is 32.7 Å². The second-order valence-electron chi connectivity index (χ2n) is 5.11. The van der Waals surface area contributed by atoms with Gasteiger partial charge in [0.25, 0.3) is 0 Å². The highest BCUT2D eigenvalue weighted by Gasteiger charge is 2.28. The van der Waals surface area contributed by atoms with Gasteiger partial charge in [-0.2, -0.15) is 0 Å². The number of hydrogen-bond acceptors (Lipinski definition) is 2. The zero-order valence-electron chi connectivity index (χ0n) is 11.7. The average molecular weight is 267 g/mol. The largest absolute Gasteiger partial charge is 0.328 e. The fraction of sp³-hybridized carbons (Fsp3) is 0.500. The maximum Gasteiger partial charge on any atom is 0.322 e. The number of halogens is 1. The maximum absolute atomic E-state index is 12.8. The highest BCUT2D eigenvalue weighted by molar-refractivity contribution is 5.89. The van der Waals surface area contributed by atoms with E-state index in [2.05, 4.69) is 5.32 Å². The first-order chi connectivity index (χ1) is 8.90. The van der Waals surface area contributed by atoms with Crippen LogP contribution in [-0.4, -0.2) is 29.6 Å². The van der Waals surface area contributed by atoms with Crippen LogP contribution < -0.4 is 11.1 Å². The van der Waals surface area contributed by atoms with Crippen LogP contribution in [0.3, 0.4) is 0 Å². The van der Waals surface area contributed by atoms with Gasteiger partial charge in [0, 0.05) is 18.8 Å². The predicted molar refractivity (Wildman–Crippen MR) is 75.5 cm³/mol. The topological polar surface area (TPSA) is 58.4 Å². The van der Waals surface area contributed by atoms with Gasteiger partial charge in [0.2, 0.25) is 0 Å². The van der Waals surface area contributed by atoms with E-state index in [1.165, 1.54) is 24.3 Å². The number of benzene rings is 1. The quantitative estimate of drug-likeness (QED) is 0.861. The van der Waals surface area contributed by atoms with E-state index in [1.807, 2.05) is 20.8 Å². The second-order valence-corrected chi connectivity index (χ2v) is 5.11. The molecule has 19 heavy (non-hydrogen) atoms. The third-order valence-electron chi connectivity index (χ3n) is 3.02. The van der Waals surface area contributed by atoms with Gasteiger partial charge in [-0.25, -0.2) is 9.18 Å². The standard InChI is InChI=1S/C14H22FN3O/c1-4-9-18(14(2,3)10-16)13(19)17-12-7-5-11(15)6-8-12/h5-8H,4,9-10,16H2,1-3H3,(H,17,19). The van der Waals surface area contributed by atoms with Crippen molar-refractivity contribution in [1.82, 2.24) is 4.90 Å². The number of rotatable bonds is 5. The van der Waals surface area contributed by atoms with E-state index in [4.69, 9.17) is 5.73 Å². The van der Waals surface area contributed by atoms with Crippen molar-refractivity contribution in [3.63, 3.8) is 0 Å². The molecule has 0 bridgehead atoms. The van der Waals surface area contributed by atoms with Gasteiger partial charge in [0.1, 0.15) is 5.82 Å². The second kappa shape index (κ2) is 6.52. The van der Waals surface area contributed by atoms with Crippen LogP contribution in [0.1, 0.15) is 27.2 Å². The van der Waals surface area contributed by atoms with Crippen LogP contribution in [-0.2, 0) is 0 Å². The summed E-state index contributed by atoms with van der Waals surface area (Å²) in [5.41, 5.74) is 5.87. The fourth-order valence-electron chi connectivity index (χ4n) is 1.74. The molecule has 0 saturated heterocycles. The fourth-order valence-corrected chi connectivity index (χ4v) is 1.74. The van der Waals surface area contributed by atoms with Crippen LogP contribution in [0.2, 0.25) is 0 Å². The van der Waals surface area contributed by atoms with Crippen LogP contribution in [0.4, 0.5) is 14.9 Å². The van der Waals surface area contributed by atoms with Crippen molar-refractivity contribution < 1.29 is 9.18 Å². The summed E-state index contributed by atoms with van der Waals surface area (Å²) >= 11 is 0. The Morgan fingerprint density at radius 1 is 1.37 bits per heavy atom. The molecule has 0 radical (unpaired) electrons. The summed E-state index contributed by atoms with van der Waals surface area (Å²) in [6.07, 6.45) is 0.847. The third kappa shape index (κ3) is 4.21. The zero-order chi connectivity index (χ0) is 14.5. The van der Waals surface area contributed by atoms with Crippen LogP contribution in [0, 0.1) is 5.82 Å². The summed E-state index contributed by atoms with van der Waals surface area (Å²) in [4.78, 5) is 14.0. The van der Waals surface area contributed by atoms with Crippen molar-refractivity contribution in [1.29, 1.82) is 0 Å². The van der Waals surface area contributed by atoms with Crippen LogP contribution in [0.25, 0.3) is 0 Å². The Labute approximate surface area is 113 Å². The Balaban J connectivity index is 2.80. The Hall–Kier alpha value is -1.62. The van der Waals surface area contributed by atoms with E-state index in [1.54, 1.807) is 4.90 Å². The van der Waals surface area contributed by atoms with Crippen molar-refractivity contribution in [2.75, 3.05) is 18.4 Å². The first-order valence-electron chi connectivity index (χ1n) is 6.45. The van der Waals surface area contributed by atoms with Crippen LogP contribution in [0.15, 0.2) is 24.3 Å². The summed E-state index contributed by atoms with van der Waals surface area (Å²) in [7, 11) is 0. The molecule has 0 aliphatic carbocycles. The maximum atomic E-state index is 12.8. The molecule has 0 fully saturated rings. The van der Waals surface area contributed by atoms with E-state index in [9.17, 15) is 9.18 Å². The number of nitrogens with one attached hydrogen (secondary N) is 1. The molecule has 0 atom stereocenters. The van der Waals surface area contributed by atoms with E-state index in [-0.39, 0.29) is 11.8 Å². The zero-order valence-corrected chi connectivity index (χ0v) is 11.7. The first-order valence-corrected chi connectivity index (χ1v) is 6.45. The minimum absolute atomic E-state index is 0.219. The van der Waals surface area contributed by atoms with E-state index in [0.717, 1.165) is 6.42 Å². The molecule has 2 amide bonds. The van der Waals surface area contributed by atoms with Crippen molar-refractivity contribution in [2.24, 2.45) is 5.73 Å². The molecule has 5 heteroatoms. The number of nitrogens with zero attached hydrogens (tertiary/aromatic N) is 1. The number of amides is 2. The normalized spacial score (nSPS) is 11.2. The SMILES string of the molecule is CCCN(C(=O)Nc1ccc(F)cc1)C(C)(C)CN.